The average molecular weight is 320 g/mol. The quantitative estimate of drug-likeness (QED) is 0.864. The van der Waals surface area contributed by atoms with Crippen LogP contribution >= 0.6 is 11.3 Å². The Labute approximate surface area is 131 Å². The highest BCUT2D eigenvalue weighted by molar-refractivity contribution is 7.13. The van der Waals surface area contributed by atoms with Gasteiger partial charge >= 0.3 is 5.63 Å². The van der Waals surface area contributed by atoms with E-state index in [4.69, 9.17) is 9.15 Å². The summed E-state index contributed by atoms with van der Waals surface area (Å²) in [6.45, 7) is 6.44. The van der Waals surface area contributed by atoms with Gasteiger partial charge in [0.25, 0.3) is 5.91 Å². The predicted molar refractivity (Wildman–Crippen MR) is 81.6 cm³/mol. The van der Waals surface area contributed by atoms with E-state index in [0.717, 1.165) is 10.7 Å². The number of amides is 1. The molecule has 0 radical (unpaired) electrons. The second-order valence-corrected chi connectivity index (χ2v) is 6.52. The summed E-state index contributed by atoms with van der Waals surface area (Å²) in [4.78, 5) is 30.3. The lowest BCUT2D eigenvalue weighted by molar-refractivity contribution is 0.0178. The Kier molecular flexibility index (Phi) is 3.74. The smallest absolute Gasteiger partial charge is 0.339 e. The van der Waals surface area contributed by atoms with E-state index in [1.807, 2.05) is 13.8 Å². The number of hydrogen-bond acceptors (Lipinski definition) is 6. The van der Waals surface area contributed by atoms with Crippen molar-refractivity contribution in [2.24, 2.45) is 0 Å². The highest BCUT2D eigenvalue weighted by atomic mass is 32.1. The van der Waals surface area contributed by atoms with Crippen LogP contribution < -0.4 is 10.4 Å². The molecule has 6 nitrogen and oxygen atoms in total. The molecule has 0 N–H and O–H groups in total. The first-order valence-electron chi connectivity index (χ1n) is 6.94. The van der Waals surface area contributed by atoms with Crippen molar-refractivity contribution in [3.05, 3.63) is 43.9 Å². The topological polar surface area (TPSA) is 72.6 Å². The predicted octanol–water partition coefficient (Wildman–Crippen LogP) is 1.92. The largest absolute Gasteiger partial charge is 0.486 e. The molecule has 7 heteroatoms. The zero-order valence-corrected chi connectivity index (χ0v) is 13.4. The van der Waals surface area contributed by atoms with Crippen molar-refractivity contribution >= 4 is 17.2 Å². The van der Waals surface area contributed by atoms with Gasteiger partial charge in [0.2, 0.25) is 0 Å². The van der Waals surface area contributed by atoms with Crippen LogP contribution in [-0.4, -0.2) is 35.0 Å². The Morgan fingerprint density at radius 2 is 2.09 bits per heavy atom. The molecule has 0 saturated carbocycles. The van der Waals surface area contributed by atoms with Gasteiger partial charge in [-0.1, -0.05) is 0 Å². The molecule has 2 aromatic heterocycles. The van der Waals surface area contributed by atoms with Crippen molar-refractivity contribution in [1.29, 1.82) is 0 Å². The fraction of sp³-hybridized carbons (Fsp3) is 0.400. The number of hydrogen-bond donors (Lipinski definition) is 0. The van der Waals surface area contributed by atoms with Gasteiger partial charge in [-0.15, -0.1) is 11.3 Å². The number of likely N-dealkylation sites (tertiary alicyclic amines) is 1. The van der Waals surface area contributed by atoms with Gasteiger partial charge < -0.3 is 14.1 Å². The number of nitrogens with zero attached hydrogens (tertiary/aromatic N) is 2. The van der Waals surface area contributed by atoms with E-state index in [-0.39, 0.29) is 12.0 Å². The molecular weight excluding hydrogens is 304 g/mol. The van der Waals surface area contributed by atoms with Gasteiger partial charge in [-0.05, 0) is 20.8 Å². The van der Waals surface area contributed by atoms with Crippen molar-refractivity contribution < 1.29 is 13.9 Å². The van der Waals surface area contributed by atoms with E-state index in [0.29, 0.717) is 29.5 Å². The molecule has 2 aromatic rings. The Morgan fingerprint density at radius 1 is 1.36 bits per heavy atom. The maximum atomic E-state index is 12.3. The van der Waals surface area contributed by atoms with Crippen LogP contribution in [0.15, 0.2) is 21.3 Å². The van der Waals surface area contributed by atoms with Crippen molar-refractivity contribution in [2.45, 2.75) is 26.9 Å². The maximum Gasteiger partial charge on any atom is 0.339 e. The fourth-order valence-corrected chi connectivity index (χ4v) is 3.28. The van der Waals surface area contributed by atoms with Crippen LogP contribution in [0.2, 0.25) is 0 Å². The summed E-state index contributed by atoms with van der Waals surface area (Å²) in [5, 5.41) is 0.889. The summed E-state index contributed by atoms with van der Waals surface area (Å²) in [5.74, 6) is 0.980. The number of carbonyl (C=O) groups excluding carboxylic acids is 1. The molecule has 3 rings (SSSR count). The fourth-order valence-electron chi connectivity index (χ4n) is 2.39. The van der Waals surface area contributed by atoms with E-state index in [1.54, 1.807) is 17.9 Å². The Morgan fingerprint density at radius 3 is 2.68 bits per heavy atom. The molecule has 1 saturated heterocycles. The number of thiazole rings is 1. The van der Waals surface area contributed by atoms with E-state index >= 15 is 0 Å². The number of aromatic nitrogens is 1. The summed E-state index contributed by atoms with van der Waals surface area (Å²) in [5.41, 5.74) is 0.339. The summed E-state index contributed by atoms with van der Waals surface area (Å²) < 4.78 is 10.6. The highest BCUT2D eigenvalue weighted by Crippen LogP contribution is 2.24. The first kappa shape index (κ1) is 14.8. The molecule has 0 aromatic carbocycles. The van der Waals surface area contributed by atoms with E-state index in [2.05, 4.69) is 4.98 Å². The standard InChI is InChI=1S/C15H16N2O4S/c1-8-4-11(5-13(18)20-8)21-12-6-17(7-12)15(19)14-9(2)16-10(3)22-14/h4-5,12H,6-7H2,1-3H3. The number of aryl methyl sites for hydroxylation is 3. The minimum atomic E-state index is -0.432. The van der Waals surface area contributed by atoms with Gasteiger partial charge in [0.15, 0.2) is 0 Å². The third kappa shape index (κ3) is 2.89. The van der Waals surface area contributed by atoms with Gasteiger partial charge in [0.05, 0.1) is 29.9 Å². The third-order valence-corrected chi connectivity index (χ3v) is 4.46. The molecule has 22 heavy (non-hydrogen) atoms. The lowest BCUT2D eigenvalue weighted by atomic mass is 10.1. The monoisotopic (exact) mass is 320 g/mol. The second kappa shape index (κ2) is 5.57. The van der Waals surface area contributed by atoms with Crippen LogP contribution in [0.3, 0.4) is 0 Å². The van der Waals surface area contributed by atoms with Gasteiger partial charge in [0, 0.05) is 6.07 Å². The summed E-state index contributed by atoms with van der Waals surface area (Å²) in [6.07, 6.45) is -0.0977. The van der Waals surface area contributed by atoms with Crippen LogP contribution in [0.1, 0.15) is 26.1 Å². The van der Waals surface area contributed by atoms with Crippen LogP contribution in [0.4, 0.5) is 0 Å². The van der Waals surface area contributed by atoms with Crippen LogP contribution in [-0.2, 0) is 0 Å². The molecule has 0 bridgehead atoms. The van der Waals surface area contributed by atoms with Crippen molar-refractivity contribution in [3.8, 4) is 5.75 Å². The number of carbonyl (C=O) groups is 1. The summed E-state index contributed by atoms with van der Waals surface area (Å²) in [6, 6.07) is 2.98. The Bertz CT molecular complexity index is 774. The molecule has 116 valence electrons. The SMILES string of the molecule is Cc1cc(OC2CN(C(=O)c3sc(C)nc3C)C2)cc(=O)o1. The third-order valence-electron chi connectivity index (χ3n) is 3.40. The molecule has 3 heterocycles. The van der Waals surface area contributed by atoms with E-state index in [1.165, 1.54) is 17.4 Å². The molecule has 1 aliphatic rings. The molecule has 0 unspecified atom stereocenters. The average Bonchev–Trinajstić information content (AvgIpc) is 2.70. The molecule has 1 aliphatic heterocycles. The zero-order valence-electron chi connectivity index (χ0n) is 12.6. The molecule has 1 amide bonds. The molecular formula is C15H16N2O4S. The molecule has 0 aliphatic carbocycles. The first-order valence-corrected chi connectivity index (χ1v) is 7.76. The van der Waals surface area contributed by atoms with Gasteiger partial charge in [-0.2, -0.15) is 0 Å². The van der Waals surface area contributed by atoms with E-state index < -0.39 is 5.63 Å². The van der Waals surface area contributed by atoms with Gasteiger partial charge in [0.1, 0.15) is 22.5 Å². The van der Waals surface area contributed by atoms with Crippen molar-refractivity contribution in [1.82, 2.24) is 9.88 Å². The zero-order chi connectivity index (χ0) is 15.9. The Balaban J connectivity index is 1.61. The minimum Gasteiger partial charge on any atom is -0.486 e. The van der Waals surface area contributed by atoms with Crippen molar-refractivity contribution in [3.63, 3.8) is 0 Å². The number of rotatable bonds is 3. The Hall–Kier alpha value is -2.15. The highest BCUT2D eigenvalue weighted by Gasteiger charge is 2.34. The van der Waals surface area contributed by atoms with Crippen molar-refractivity contribution in [2.75, 3.05) is 13.1 Å². The second-order valence-electron chi connectivity index (χ2n) is 5.32. The van der Waals surface area contributed by atoms with E-state index in [9.17, 15) is 9.59 Å². The van der Waals surface area contributed by atoms with Gasteiger partial charge in [-0.3, -0.25) is 4.79 Å². The van der Waals surface area contributed by atoms with Crippen LogP contribution in [0.25, 0.3) is 0 Å². The molecule has 1 fully saturated rings. The van der Waals surface area contributed by atoms with Crippen LogP contribution in [0, 0.1) is 20.8 Å². The molecule has 0 spiro atoms. The minimum absolute atomic E-state index is 0.00768. The first-order chi connectivity index (χ1) is 10.4. The summed E-state index contributed by atoms with van der Waals surface area (Å²) >= 11 is 1.41. The lowest BCUT2D eigenvalue weighted by Crippen LogP contribution is -2.56. The van der Waals surface area contributed by atoms with Gasteiger partial charge in [-0.25, -0.2) is 9.78 Å². The van der Waals surface area contributed by atoms with Crippen LogP contribution in [0.5, 0.6) is 5.75 Å². The number of ether oxygens (including phenoxy) is 1. The maximum absolute atomic E-state index is 12.3. The lowest BCUT2D eigenvalue weighted by Gasteiger charge is -2.38. The molecule has 0 atom stereocenters. The normalized spacial score (nSPS) is 14.8. The summed E-state index contributed by atoms with van der Waals surface area (Å²) in [7, 11) is 0.